The molecule has 2 saturated carbocycles. The van der Waals surface area contributed by atoms with E-state index in [1.54, 1.807) is 17.9 Å². The Bertz CT molecular complexity index is 992. The molecule has 8 nitrogen and oxygen atoms in total. The maximum absolute atomic E-state index is 9.71. The number of methoxy groups -OCH3 is 1. The van der Waals surface area contributed by atoms with Crippen molar-refractivity contribution in [2.75, 3.05) is 12.4 Å². The topological polar surface area (TPSA) is 97.5 Å². The fourth-order valence-corrected chi connectivity index (χ4v) is 3.92. The lowest BCUT2D eigenvalue weighted by molar-refractivity contribution is 0.126. The maximum atomic E-state index is 9.71. The number of hydrogen-bond acceptors (Lipinski definition) is 7. The van der Waals surface area contributed by atoms with Crippen molar-refractivity contribution in [1.29, 1.82) is 0 Å². The van der Waals surface area contributed by atoms with Crippen LogP contribution in [-0.2, 0) is 0 Å². The molecule has 0 aliphatic heterocycles. The van der Waals surface area contributed by atoms with Crippen LogP contribution < -0.4 is 10.1 Å². The third-order valence-corrected chi connectivity index (χ3v) is 5.62. The molecular weight excluding hydrogens is 356 g/mol. The Balaban J connectivity index is 1.50. The first-order valence-electron chi connectivity index (χ1n) is 9.93. The number of hydrogen-bond donors (Lipinski definition) is 2. The summed E-state index contributed by atoms with van der Waals surface area (Å²) in [6.07, 6.45) is 7.43. The lowest BCUT2D eigenvalue weighted by Crippen LogP contribution is -2.28. The SMILES string of the molecule is COc1ccc2c(-c3ccnc(NC4CCC(O)CC4)n3)c(C3CC3)nn2n1. The van der Waals surface area contributed by atoms with Gasteiger partial charge in [-0.05, 0) is 50.7 Å². The number of nitrogens with zero attached hydrogens (tertiary/aromatic N) is 5. The number of ether oxygens (including phenoxy) is 1. The van der Waals surface area contributed by atoms with Crippen molar-refractivity contribution in [3.05, 3.63) is 30.1 Å². The van der Waals surface area contributed by atoms with Crippen LogP contribution >= 0.6 is 0 Å². The first-order chi connectivity index (χ1) is 13.7. The molecule has 3 aromatic heterocycles. The third kappa shape index (κ3) is 3.28. The summed E-state index contributed by atoms with van der Waals surface area (Å²) in [4.78, 5) is 9.21. The van der Waals surface area contributed by atoms with E-state index in [9.17, 15) is 5.11 Å². The van der Waals surface area contributed by atoms with Crippen LogP contribution in [0.4, 0.5) is 5.95 Å². The quantitative estimate of drug-likeness (QED) is 0.702. The molecule has 3 aromatic rings. The molecule has 0 amide bonds. The Labute approximate surface area is 163 Å². The number of aromatic nitrogens is 5. The molecule has 0 spiro atoms. The molecule has 0 unspecified atom stereocenters. The summed E-state index contributed by atoms with van der Waals surface area (Å²) in [5, 5.41) is 22.3. The smallest absolute Gasteiger partial charge is 0.233 e. The minimum absolute atomic E-state index is 0.172. The zero-order valence-electron chi connectivity index (χ0n) is 15.9. The predicted molar refractivity (Wildman–Crippen MR) is 104 cm³/mol. The highest BCUT2D eigenvalue weighted by molar-refractivity contribution is 5.81. The van der Waals surface area contributed by atoms with E-state index in [1.165, 1.54) is 0 Å². The Morgan fingerprint density at radius 2 is 1.89 bits per heavy atom. The van der Waals surface area contributed by atoms with Crippen LogP contribution in [0.5, 0.6) is 5.88 Å². The average molecular weight is 380 g/mol. The van der Waals surface area contributed by atoms with Crippen LogP contribution in [0.1, 0.15) is 50.1 Å². The second-order valence-corrected chi connectivity index (χ2v) is 7.70. The summed E-state index contributed by atoms with van der Waals surface area (Å²) in [5.74, 6) is 1.63. The normalized spacial score (nSPS) is 22.4. The highest BCUT2D eigenvalue weighted by Gasteiger charge is 2.32. The molecule has 3 heterocycles. The number of nitrogens with one attached hydrogen (secondary N) is 1. The Kier molecular flexibility index (Phi) is 4.35. The van der Waals surface area contributed by atoms with E-state index >= 15 is 0 Å². The third-order valence-electron chi connectivity index (χ3n) is 5.62. The Morgan fingerprint density at radius 3 is 2.64 bits per heavy atom. The van der Waals surface area contributed by atoms with Gasteiger partial charge in [-0.2, -0.15) is 5.10 Å². The van der Waals surface area contributed by atoms with Gasteiger partial charge >= 0.3 is 0 Å². The second kappa shape index (κ2) is 7.01. The van der Waals surface area contributed by atoms with Gasteiger partial charge in [0.05, 0.1) is 35.7 Å². The summed E-state index contributed by atoms with van der Waals surface area (Å²) < 4.78 is 6.89. The monoisotopic (exact) mass is 380 g/mol. The number of aliphatic hydroxyl groups is 1. The summed E-state index contributed by atoms with van der Waals surface area (Å²) in [5.41, 5.74) is 3.86. The molecule has 8 heteroatoms. The summed E-state index contributed by atoms with van der Waals surface area (Å²) in [6.45, 7) is 0. The zero-order valence-corrected chi connectivity index (χ0v) is 15.9. The first-order valence-corrected chi connectivity index (χ1v) is 9.93. The predicted octanol–water partition coefficient (Wildman–Crippen LogP) is 2.79. The van der Waals surface area contributed by atoms with Crippen molar-refractivity contribution >= 4 is 11.5 Å². The summed E-state index contributed by atoms with van der Waals surface area (Å²) >= 11 is 0. The number of aliphatic hydroxyl groups excluding tert-OH is 1. The molecule has 2 aliphatic rings. The number of rotatable bonds is 5. The molecule has 0 saturated heterocycles. The average Bonchev–Trinajstić information content (AvgIpc) is 3.50. The van der Waals surface area contributed by atoms with Crippen LogP contribution in [0.2, 0.25) is 0 Å². The van der Waals surface area contributed by atoms with E-state index in [1.807, 2.05) is 18.2 Å². The fraction of sp³-hybridized carbons (Fsp3) is 0.500. The maximum Gasteiger partial charge on any atom is 0.233 e. The molecular formula is C20H24N6O2. The van der Waals surface area contributed by atoms with Crippen molar-refractivity contribution < 1.29 is 9.84 Å². The van der Waals surface area contributed by atoms with Gasteiger partial charge in [-0.1, -0.05) is 0 Å². The van der Waals surface area contributed by atoms with Gasteiger partial charge in [-0.3, -0.25) is 0 Å². The molecule has 2 aliphatic carbocycles. The van der Waals surface area contributed by atoms with E-state index in [0.717, 1.165) is 61.0 Å². The molecule has 28 heavy (non-hydrogen) atoms. The molecule has 146 valence electrons. The van der Waals surface area contributed by atoms with Crippen LogP contribution in [0.15, 0.2) is 24.4 Å². The van der Waals surface area contributed by atoms with E-state index in [2.05, 4.69) is 15.4 Å². The van der Waals surface area contributed by atoms with Gasteiger partial charge in [0.25, 0.3) is 0 Å². The lowest BCUT2D eigenvalue weighted by atomic mass is 9.93. The lowest BCUT2D eigenvalue weighted by Gasteiger charge is -2.26. The number of fused-ring (bicyclic) bond motifs is 1. The van der Waals surface area contributed by atoms with Crippen molar-refractivity contribution in [3.63, 3.8) is 0 Å². The van der Waals surface area contributed by atoms with Gasteiger partial charge in [0.2, 0.25) is 11.8 Å². The van der Waals surface area contributed by atoms with Crippen LogP contribution in [0.3, 0.4) is 0 Å². The minimum atomic E-state index is -0.172. The molecule has 0 radical (unpaired) electrons. The largest absolute Gasteiger partial charge is 0.480 e. The van der Waals surface area contributed by atoms with E-state index in [4.69, 9.17) is 14.8 Å². The van der Waals surface area contributed by atoms with Gasteiger partial charge in [0, 0.05) is 24.2 Å². The van der Waals surface area contributed by atoms with E-state index < -0.39 is 0 Å². The second-order valence-electron chi connectivity index (χ2n) is 7.70. The summed E-state index contributed by atoms with van der Waals surface area (Å²) in [6, 6.07) is 6.07. The molecule has 0 bridgehead atoms. The van der Waals surface area contributed by atoms with Gasteiger partial charge < -0.3 is 15.2 Å². The highest BCUT2D eigenvalue weighted by Crippen LogP contribution is 2.44. The molecule has 0 aromatic carbocycles. The minimum Gasteiger partial charge on any atom is -0.480 e. The number of anilines is 1. The van der Waals surface area contributed by atoms with E-state index in [0.29, 0.717) is 23.8 Å². The fourth-order valence-electron chi connectivity index (χ4n) is 3.92. The van der Waals surface area contributed by atoms with E-state index in [-0.39, 0.29) is 6.10 Å². The van der Waals surface area contributed by atoms with Crippen LogP contribution in [0.25, 0.3) is 16.8 Å². The van der Waals surface area contributed by atoms with Gasteiger partial charge in [-0.25, -0.2) is 9.97 Å². The highest BCUT2D eigenvalue weighted by atomic mass is 16.5. The van der Waals surface area contributed by atoms with Crippen molar-refractivity contribution in [3.8, 4) is 17.1 Å². The summed E-state index contributed by atoms with van der Waals surface area (Å²) in [7, 11) is 1.60. The van der Waals surface area contributed by atoms with Gasteiger partial charge in [0.15, 0.2) is 0 Å². The zero-order chi connectivity index (χ0) is 19.1. The first kappa shape index (κ1) is 17.4. The molecule has 5 rings (SSSR count). The standard InChI is InChI=1S/C20H24N6O2/c1-28-17-9-8-16-18(19(12-2-3-12)25-26(16)24-17)15-10-11-21-20(23-15)22-13-4-6-14(27)7-5-13/h8-14,27H,2-7H2,1H3,(H,21,22,23). The van der Waals surface area contributed by atoms with Crippen LogP contribution in [-0.4, -0.2) is 49.2 Å². The Hall–Kier alpha value is -2.74. The van der Waals surface area contributed by atoms with Gasteiger partial charge in [-0.15, -0.1) is 9.73 Å². The molecule has 0 atom stereocenters. The van der Waals surface area contributed by atoms with Crippen LogP contribution in [0, 0.1) is 0 Å². The van der Waals surface area contributed by atoms with Crippen molar-refractivity contribution in [2.45, 2.75) is 56.6 Å². The Morgan fingerprint density at radius 1 is 1.07 bits per heavy atom. The molecule has 2 fully saturated rings. The van der Waals surface area contributed by atoms with Gasteiger partial charge in [0.1, 0.15) is 0 Å². The molecule has 2 N–H and O–H groups in total. The van der Waals surface area contributed by atoms with Crippen molar-refractivity contribution in [2.24, 2.45) is 0 Å². The van der Waals surface area contributed by atoms with Crippen molar-refractivity contribution in [1.82, 2.24) is 24.8 Å².